The lowest BCUT2D eigenvalue weighted by atomic mass is 10.0. The first-order chi connectivity index (χ1) is 13.1. The molecule has 0 bridgehead atoms. The largest absolute Gasteiger partial charge is 0.504 e. The molecule has 4 aromatic rings. The molecule has 0 atom stereocenters. The van der Waals surface area contributed by atoms with Crippen molar-refractivity contribution in [3.05, 3.63) is 83.5 Å². The van der Waals surface area contributed by atoms with E-state index in [2.05, 4.69) is 15.3 Å². The van der Waals surface area contributed by atoms with Crippen LogP contribution < -0.4 is 5.32 Å². The number of carbonyl (C=O) groups excluding carboxylic acids is 1. The van der Waals surface area contributed by atoms with E-state index in [1.165, 1.54) is 12.3 Å². The summed E-state index contributed by atoms with van der Waals surface area (Å²) < 4.78 is 0. The second-order valence-corrected chi connectivity index (χ2v) is 6.28. The van der Waals surface area contributed by atoms with Crippen LogP contribution in [0.1, 0.15) is 10.4 Å². The van der Waals surface area contributed by atoms with Crippen LogP contribution in [0.5, 0.6) is 5.75 Å². The van der Waals surface area contributed by atoms with Crippen molar-refractivity contribution in [1.82, 2.24) is 9.97 Å². The summed E-state index contributed by atoms with van der Waals surface area (Å²) in [7, 11) is 0. The van der Waals surface area contributed by atoms with Gasteiger partial charge in [-0.3, -0.25) is 4.79 Å². The van der Waals surface area contributed by atoms with E-state index in [4.69, 9.17) is 11.6 Å². The highest BCUT2D eigenvalue weighted by Crippen LogP contribution is 2.30. The first-order valence-corrected chi connectivity index (χ1v) is 8.61. The molecular formula is C21H14ClN3O2. The van der Waals surface area contributed by atoms with Crippen LogP contribution in [0, 0.1) is 0 Å². The molecule has 27 heavy (non-hydrogen) atoms. The number of carbonyl (C=O) groups is 1. The van der Waals surface area contributed by atoms with Gasteiger partial charge in [0.25, 0.3) is 5.91 Å². The summed E-state index contributed by atoms with van der Waals surface area (Å²) in [6.07, 6.45) is 1.50. The van der Waals surface area contributed by atoms with Crippen molar-refractivity contribution in [2.24, 2.45) is 0 Å². The summed E-state index contributed by atoms with van der Waals surface area (Å²) in [5.41, 5.74) is 2.42. The Balaban J connectivity index is 1.85. The summed E-state index contributed by atoms with van der Waals surface area (Å²) in [6.45, 7) is 0. The maximum atomic E-state index is 12.9. The number of amides is 1. The Kier molecular flexibility index (Phi) is 4.44. The van der Waals surface area contributed by atoms with Crippen LogP contribution >= 0.6 is 11.6 Å². The lowest BCUT2D eigenvalue weighted by Crippen LogP contribution is -2.14. The maximum Gasteiger partial charge on any atom is 0.257 e. The SMILES string of the molecule is O=C(Nc1ncccc1O)c1cc(-c2ccccc2Cl)nc2ccccc12. The van der Waals surface area contributed by atoms with Crippen LogP contribution in [-0.4, -0.2) is 21.0 Å². The number of fused-ring (bicyclic) bond motifs is 1. The number of pyridine rings is 2. The third-order valence-corrected chi connectivity index (χ3v) is 4.46. The van der Waals surface area contributed by atoms with Gasteiger partial charge in [-0.25, -0.2) is 9.97 Å². The second-order valence-electron chi connectivity index (χ2n) is 5.88. The zero-order valence-electron chi connectivity index (χ0n) is 14.1. The molecule has 0 unspecified atom stereocenters. The van der Waals surface area contributed by atoms with E-state index in [0.717, 1.165) is 5.56 Å². The quantitative estimate of drug-likeness (QED) is 0.533. The number of rotatable bonds is 3. The molecule has 2 heterocycles. The molecule has 2 aromatic heterocycles. The average molecular weight is 376 g/mol. The maximum absolute atomic E-state index is 12.9. The number of nitrogens with one attached hydrogen (secondary N) is 1. The van der Waals surface area contributed by atoms with Gasteiger partial charge in [0.05, 0.1) is 16.8 Å². The zero-order valence-corrected chi connectivity index (χ0v) is 14.8. The first kappa shape index (κ1) is 17.0. The van der Waals surface area contributed by atoms with Gasteiger partial charge in [-0.05, 0) is 30.3 Å². The minimum absolute atomic E-state index is 0.0997. The molecule has 0 spiro atoms. The molecule has 132 valence electrons. The summed E-state index contributed by atoms with van der Waals surface area (Å²) in [5.74, 6) is -0.394. The molecule has 0 fully saturated rings. The standard InChI is InChI=1S/C21H14ClN3O2/c22-16-8-3-1-7-14(16)18-12-15(13-6-2-4-9-17(13)24-18)21(27)25-20-19(26)10-5-11-23-20/h1-12,26H,(H,23,25,27). The number of hydrogen-bond acceptors (Lipinski definition) is 4. The summed E-state index contributed by atoms with van der Waals surface area (Å²) in [5, 5.41) is 13.8. The topological polar surface area (TPSA) is 75.1 Å². The third kappa shape index (κ3) is 3.32. The molecule has 0 radical (unpaired) electrons. The van der Waals surface area contributed by atoms with Gasteiger partial charge in [0.2, 0.25) is 0 Å². The number of benzene rings is 2. The lowest BCUT2D eigenvalue weighted by Gasteiger charge is -2.11. The van der Waals surface area contributed by atoms with Gasteiger partial charge in [-0.15, -0.1) is 0 Å². The van der Waals surface area contributed by atoms with Crippen molar-refractivity contribution in [3.63, 3.8) is 0 Å². The predicted molar refractivity (Wildman–Crippen MR) is 106 cm³/mol. The summed E-state index contributed by atoms with van der Waals surface area (Å²) in [4.78, 5) is 21.6. The van der Waals surface area contributed by atoms with Crippen molar-refractivity contribution < 1.29 is 9.90 Å². The number of para-hydroxylation sites is 1. The van der Waals surface area contributed by atoms with Crippen molar-refractivity contribution >= 4 is 34.2 Å². The molecule has 0 saturated carbocycles. The van der Waals surface area contributed by atoms with Crippen LogP contribution in [0.4, 0.5) is 5.82 Å². The highest BCUT2D eigenvalue weighted by Gasteiger charge is 2.16. The zero-order chi connectivity index (χ0) is 18.8. The second kappa shape index (κ2) is 7.05. The van der Waals surface area contributed by atoms with Crippen molar-refractivity contribution in [1.29, 1.82) is 0 Å². The van der Waals surface area contributed by atoms with Crippen LogP contribution in [0.15, 0.2) is 72.9 Å². The Morgan fingerprint density at radius 1 is 1.00 bits per heavy atom. The number of hydrogen-bond donors (Lipinski definition) is 2. The average Bonchev–Trinajstić information content (AvgIpc) is 2.69. The molecule has 0 aliphatic rings. The van der Waals surface area contributed by atoms with Gasteiger partial charge < -0.3 is 10.4 Å². The normalized spacial score (nSPS) is 10.7. The van der Waals surface area contributed by atoms with Crippen molar-refractivity contribution in [2.45, 2.75) is 0 Å². The van der Waals surface area contributed by atoms with Crippen LogP contribution in [0.25, 0.3) is 22.2 Å². The van der Waals surface area contributed by atoms with Crippen LogP contribution in [0.2, 0.25) is 5.02 Å². The molecule has 6 heteroatoms. The third-order valence-electron chi connectivity index (χ3n) is 4.13. The number of aromatic hydroxyl groups is 1. The van der Waals surface area contributed by atoms with E-state index in [1.54, 1.807) is 18.2 Å². The molecule has 0 aliphatic carbocycles. The van der Waals surface area contributed by atoms with E-state index >= 15 is 0 Å². The Labute approximate surface area is 160 Å². The summed E-state index contributed by atoms with van der Waals surface area (Å²) in [6, 6.07) is 19.4. The molecule has 0 saturated heterocycles. The first-order valence-electron chi connectivity index (χ1n) is 8.23. The van der Waals surface area contributed by atoms with Gasteiger partial charge in [0, 0.05) is 22.2 Å². The smallest absolute Gasteiger partial charge is 0.257 e. The fraction of sp³-hybridized carbons (Fsp3) is 0. The number of aromatic nitrogens is 2. The van der Waals surface area contributed by atoms with Crippen LogP contribution in [0.3, 0.4) is 0 Å². The molecule has 4 rings (SSSR count). The number of nitrogens with zero attached hydrogens (tertiary/aromatic N) is 2. The van der Waals surface area contributed by atoms with E-state index < -0.39 is 5.91 Å². The molecule has 1 amide bonds. The lowest BCUT2D eigenvalue weighted by molar-refractivity contribution is 0.102. The fourth-order valence-corrected chi connectivity index (χ4v) is 3.07. The Hall–Kier alpha value is -3.44. The predicted octanol–water partition coefficient (Wildman–Crippen LogP) is 4.91. The minimum Gasteiger partial charge on any atom is -0.504 e. The van der Waals surface area contributed by atoms with Crippen LogP contribution in [-0.2, 0) is 0 Å². The van der Waals surface area contributed by atoms with E-state index in [-0.39, 0.29) is 11.6 Å². The highest BCUT2D eigenvalue weighted by atomic mass is 35.5. The Morgan fingerprint density at radius 3 is 2.59 bits per heavy atom. The molecule has 0 aliphatic heterocycles. The molecule has 2 N–H and O–H groups in total. The van der Waals surface area contributed by atoms with E-state index in [0.29, 0.717) is 27.2 Å². The van der Waals surface area contributed by atoms with Gasteiger partial charge in [-0.2, -0.15) is 0 Å². The van der Waals surface area contributed by atoms with Gasteiger partial charge in [0.15, 0.2) is 11.6 Å². The van der Waals surface area contributed by atoms with E-state index in [9.17, 15) is 9.90 Å². The fourth-order valence-electron chi connectivity index (χ4n) is 2.84. The monoisotopic (exact) mass is 375 g/mol. The molecule has 2 aromatic carbocycles. The summed E-state index contributed by atoms with van der Waals surface area (Å²) >= 11 is 6.31. The number of anilines is 1. The van der Waals surface area contributed by atoms with Gasteiger partial charge in [0.1, 0.15) is 0 Å². The van der Waals surface area contributed by atoms with Crippen molar-refractivity contribution in [2.75, 3.05) is 5.32 Å². The van der Waals surface area contributed by atoms with Gasteiger partial charge >= 0.3 is 0 Å². The van der Waals surface area contributed by atoms with E-state index in [1.807, 2.05) is 42.5 Å². The minimum atomic E-state index is -0.393. The Bertz CT molecular complexity index is 1160. The van der Waals surface area contributed by atoms with Crippen molar-refractivity contribution in [3.8, 4) is 17.0 Å². The Morgan fingerprint density at radius 2 is 1.78 bits per heavy atom. The molecule has 5 nitrogen and oxygen atoms in total. The highest BCUT2D eigenvalue weighted by molar-refractivity contribution is 6.33. The number of halogens is 1. The molecular weight excluding hydrogens is 362 g/mol. The van der Waals surface area contributed by atoms with Gasteiger partial charge in [-0.1, -0.05) is 48.0 Å².